The highest BCUT2D eigenvalue weighted by atomic mass is 35.5. The molecule has 21 heavy (non-hydrogen) atoms. The molecule has 0 aliphatic rings. The summed E-state index contributed by atoms with van der Waals surface area (Å²) in [5.74, 6) is 0.488. The molecule has 4 heteroatoms. The SMILES string of the molecule is CCNC(c1ccc(OC)cc1C)c1ccc(F)cc1Cl. The number of hydrogen-bond acceptors (Lipinski definition) is 2. The number of aryl methyl sites for hydroxylation is 1. The topological polar surface area (TPSA) is 21.3 Å². The number of methoxy groups -OCH3 is 1. The second-order valence-corrected chi connectivity index (χ2v) is 5.29. The minimum Gasteiger partial charge on any atom is -0.497 e. The van der Waals surface area contributed by atoms with Crippen LogP contribution in [-0.2, 0) is 0 Å². The lowest BCUT2D eigenvalue weighted by Gasteiger charge is -2.22. The lowest BCUT2D eigenvalue weighted by molar-refractivity contribution is 0.414. The monoisotopic (exact) mass is 307 g/mol. The van der Waals surface area contributed by atoms with Crippen LogP contribution in [0.4, 0.5) is 4.39 Å². The molecule has 2 rings (SSSR count). The summed E-state index contributed by atoms with van der Waals surface area (Å²) in [6.07, 6.45) is 0. The van der Waals surface area contributed by atoms with Gasteiger partial charge in [0.1, 0.15) is 11.6 Å². The third-order valence-corrected chi connectivity index (χ3v) is 3.80. The molecule has 112 valence electrons. The first-order valence-corrected chi connectivity index (χ1v) is 7.27. The molecule has 0 aromatic heterocycles. The van der Waals surface area contributed by atoms with Gasteiger partial charge in [-0.25, -0.2) is 4.39 Å². The van der Waals surface area contributed by atoms with E-state index in [9.17, 15) is 4.39 Å². The molecular weight excluding hydrogens is 289 g/mol. The fourth-order valence-corrected chi connectivity index (χ4v) is 2.70. The van der Waals surface area contributed by atoms with E-state index >= 15 is 0 Å². The molecule has 0 radical (unpaired) electrons. The van der Waals surface area contributed by atoms with Gasteiger partial charge in [0, 0.05) is 5.02 Å². The lowest BCUT2D eigenvalue weighted by Crippen LogP contribution is -2.23. The molecule has 2 aromatic carbocycles. The van der Waals surface area contributed by atoms with Crippen molar-refractivity contribution in [2.75, 3.05) is 13.7 Å². The van der Waals surface area contributed by atoms with Gasteiger partial charge in [0.05, 0.1) is 13.2 Å². The molecule has 0 saturated carbocycles. The Bertz CT molecular complexity index is 630. The van der Waals surface area contributed by atoms with Crippen LogP contribution in [0.2, 0.25) is 5.02 Å². The van der Waals surface area contributed by atoms with E-state index in [2.05, 4.69) is 5.32 Å². The number of nitrogens with one attached hydrogen (secondary N) is 1. The van der Waals surface area contributed by atoms with Gasteiger partial charge in [-0.3, -0.25) is 0 Å². The lowest BCUT2D eigenvalue weighted by atomic mass is 9.94. The summed E-state index contributed by atoms with van der Waals surface area (Å²) in [6, 6.07) is 10.4. The highest BCUT2D eigenvalue weighted by Crippen LogP contribution is 2.32. The second kappa shape index (κ2) is 6.92. The van der Waals surface area contributed by atoms with Gasteiger partial charge >= 0.3 is 0 Å². The van der Waals surface area contributed by atoms with E-state index in [4.69, 9.17) is 16.3 Å². The number of halogens is 2. The van der Waals surface area contributed by atoms with Gasteiger partial charge in [0.15, 0.2) is 0 Å². The van der Waals surface area contributed by atoms with Crippen molar-refractivity contribution >= 4 is 11.6 Å². The third-order valence-electron chi connectivity index (χ3n) is 3.47. The quantitative estimate of drug-likeness (QED) is 0.878. The zero-order valence-corrected chi connectivity index (χ0v) is 13.2. The van der Waals surface area contributed by atoms with E-state index in [1.165, 1.54) is 12.1 Å². The minimum absolute atomic E-state index is 0.0750. The van der Waals surface area contributed by atoms with Gasteiger partial charge in [-0.05, 0) is 54.4 Å². The molecule has 1 atom stereocenters. The van der Waals surface area contributed by atoms with Crippen LogP contribution in [-0.4, -0.2) is 13.7 Å². The summed E-state index contributed by atoms with van der Waals surface area (Å²) >= 11 is 6.22. The summed E-state index contributed by atoms with van der Waals surface area (Å²) in [5, 5.41) is 3.83. The smallest absolute Gasteiger partial charge is 0.124 e. The van der Waals surface area contributed by atoms with E-state index in [-0.39, 0.29) is 11.9 Å². The van der Waals surface area contributed by atoms with E-state index in [0.717, 1.165) is 29.0 Å². The van der Waals surface area contributed by atoms with Gasteiger partial charge in [0.2, 0.25) is 0 Å². The first-order chi connectivity index (χ1) is 10.1. The Balaban J connectivity index is 2.48. The van der Waals surface area contributed by atoms with Crippen molar-refractivity contribution in [3.63, 3.8) is 0 Å². The largest absolute Gasteiger partial charge is 0.497 e. The van der Waals surface area contributed by atoms with Crippen LogP contribution < -0.4 is 10.1 Å². The van der Waals surface area contributed by atoms with Crippen molar-refractivity contribution in [2.24, 2.45) is 0 Å². The minimum atomic E-state index is -0.328. The van der Waals surface area contributed by atoms with Gasteiger partial charge in [-0.15, -0.1) is 0 Å². The number of hydrogen-bond donors (Lipinski definition) is 1. The average Bonchev–Trinajstić information content (AvgIpc) is 2.46. The van der Waals surface area contributed by atoms with Gasteiger partial charge in [0.25, 0.3) is 0 Å². The highest BCUT2D eigenvalue weighted by Gasteiger charge is 2.18. The van der Waals surface area contributed by atoms with Crippen LogP contribution in [0, 0.1) is 12.7 Å². The Morgan fingerprint density at radius 2 is 1.90 bits per heavy atom. The first-order valence-electron chi connectivity index (χ1n) is 6.89. The molecule has 1 N–H and O–H groups in total. The van der Waals surface area contributed by atoms with Crippen LogP contribution in [0.3, 0.4) is 0 Å². The maximum atomic E-state index is 13.3. The molecule has 0 saturated heterocycles. The van der Waals surface area contributed by atoms with E-state index in [1.807, 2.05) is 32.0 Å². The molecule has 0 amide bonds. The molecule has 0 aliphatic heterocycles. The summed E-state index contributed by atoms with van der Waals surface area (Å²) in [5.41, 5.74) is 3.07. The Labute approximate surface area is 129 Å². The summed E-state index contributed by atoms with van der Waals surface area (Å²) in [6.45, 7) is 4.84. The average molecular weight is 308 g/mol. The van der Waals surface area contributed by atoms with Crippen molar-refractivity contribution in [1.82, 2.24) is 5.32 Å². The molecule has 0 bridgehead atoms. The Kier molecular flexibility index (Phi) is 5.21. The molecule has 2 aromatic rings. The van der Waals surface area contributed by atoms with Crippen molar-refractivity contribution in [2.45, 2.75) is 19.9 Å². The van der Waals surface area contributed by atoms with Crippen LogP contribution in [0.5, 0.6) is 5.75 Å². The van der Waals surface area contributed by atoms with Gasteiger partial charge in [-0.2, -0.15) is 0 Å². The van der Waals surface area contributed by atoms with E-state index in [1.54, 1.807) is 13.2 Å². The Morgan fingerprint density at radius 3 is 2.48 bits per heavy atom. The summed E-state index contributed by atoms with van der Waals surface area (Å²) in [7, 11) is 1.65. The Hall–Kier alpha value is -1.58. The van der Waals surface area contributed by atoms with Crippen molar-refractivity contribution in [3.05, 3.63) is 63.9 Å². The van der Waals surface area contributed by atoms with Crippen LogP contribution >= 0.6 is 11.6 Å². The number of ether oxygens (including phenoxy) is 1. The standard InChI is InChI=1S/C17H19ClFNO/c1-4-20-17(15-7-5-12(19)10-16(15)18)14-8-6-13(21-3)9-11(14)2/h5-10,17,20H,4H2,1-3H3. The second-order valence-electron chi connectivity index (χ2n) is 4.88. The third kappa shape index (κ3) is 3.55. The zero-order valence-electron chi connectivity index (χ0n) is 12.4. The van der Waals surface area contributed by atoms with Gasteiger partial charge in [-0.1, -0.05) is 30.7 Å². The van der Waals surface area contributed by atoms with E-state index in [0.29, 0.717) is 5.02 Å². The maximum Gasteiger partial charge on any atom is 0.124 e. The fraction of sp³-hybridized carbons (Fsp3) is 0.294. The summed E-state index contributed by atoms with van der Waals surface area (Å²) in [4.78, 5) is 0. The normalized spacial score (nSPS) is 12.2. The molecule has 2 nitrogen and oxygen atoms in total. The molecule has 0 heterocycles. The molecule has 0 spiro atoms. The van der Waals surface area contributed by atoms with Crippen LogP contribution in [0.1, 0.15) is 29.7 Å². The van der Waals surface area contributed by atoms with Crippen molar-refractivity contribution < 1.29 is 9.13 Å². The highest BCUT2D eigenvalue weighted by molar-refractivity contribution is 6.31. The first kappa shape index (κ1) is 15.8. The van der Waals surface area contributed by atoms with Crippen molar-refractivity contribution in [1.29, 1.82) is 0 Å². The predicted molar refractivity (Wildman–Crippen MR) is 84.7 cm³/mol. The molecule has 0 fully saturated rings. The molecule has 0 aliphatic carbocycles. The molecule has 1 unspecified atom stereocenters. The fourth-order valence-electron chi connectivity index (χ4n) is 2.43. The number of rotatable bonds is 5. The van der Waals surface area contributed by atoms with Gasteiger partial charge < -0.3 is 10.1 Å². The summed E-state index contributed by atoms with van der Waals surface area (Å²) < 4.78 is 18.5. The van der Waals surface area contributed by atoms with Crippen LogP contribution in [0.15, 0.2) is 36.4 Å². The zero-order chi connectivity index (χ0) is 15.4. The molecular formula is C17H19ClFNO. The number of benzene rings is 2. The van der Waals surface area contributed by atoms with E-state index < -0.39 is 0 Å². The van der Waals surface area contributed by atoms with Crippen LogP contribution in [0.25, 0.3) is 0 Å². The van der Waals surface area contributed by atoms with Crippen molar-refractivity contribution in [3.8, 4) is 5.75 Å². The predicted octanol–water partition coefficient (Wildman–Crippen LogP) is 4.50. The maximum absolute atomic E-state index is 13.3. The Morgan fingerprint density at radius 1 is 1.19 bits per heavy atom.